The Morgan fingerprint density at radius 2 is 1.89 bits per heavy atom. The smallest absolute Gasteiger partial charge is 0.238 e. The van der Waals surface area contributed by atoms with Crippen molar-refractivity contribution in [1.29, 1.82) is 0 Å². The van der Waals surface area contributed by atoms with E-state index in [-0.39, 0.29) is 10.9 Å². The molecule has 0 aliphatic heterocycles. The molecule has 0 aliphatic carbocycles. The van der Waals surface area contributed by atoms with Gasteiger partial charge in [0.25, 0.3) is 0 Å². The number of hydrogen-bond acceptors (Lipinski definition) is 3. The molecule has 3 nitrogen and oxygen atoms in total. The van der Waals surface area contributed by atoms with Crippen LogP contribution in [-0.2, 0) is 9.52 Å². The summed E-state index contributed by atoms with van der Waals surface area (Å²) in [6.45, 7) is 0. The third-order valence-corrected chi connectivity index (χ3v) is 4.05. The standard InChI is InChI=1S/C13H11Cl2NO2S/c1-19(2,17)11-7-12(15)13(16-8-11)18-10-5-3-9(14)4-6-10/h3-8H,1H2,2H3. The molecule has 0 fully saturated rings. The monoisotopic (exact) mass is 315 g/mol. The van der Waals surface area contributed by atoms with Crippen LogP contribution in [0.15, 0.2) is 41.4 Å². The second-order valence-corrected chi connectivity index (χ2v) is 7.34. The van der Waals surface area contributed by atoms with E-state index in [9.17, 15) is 4.21 Å². The van der Waals surface area contributed by atoms with Crippen LogP contribution in [0.3, 0.4) is 0 Å². The SMILES string of the molecule is C=S(C)(=O)c1cnc(Oc2ccc(Cl)cc2)c(Cl)c1. The largest absolute Gasteiger partial charge is 0.438 e. The fourth-order valence-electron chi connectivity index (χ4n) is 1.33. The van der Waals surface area contributed by atoms with Gasteiger partial charge in [0.15, 0.2) is 0 Å². The molecule has 2 rings (SSSR count). The van der Waals surface area contributed by atoms with Gasteiger partial charge in [0.2, 0.25) is 5.88 Å². The number of pyridine rings is 1. The van der Waals surface area contributed by atoms with Gasteiger partial charge in [0, 0.05) is 17.5 Å². The summed E-state index contributed by atoms with van der Waals surface area (Å²) in [5.74, 6) is 4.39. The van der Waals surface area contributed by atoms with E-state index in [4.69, 9.17) is 27.9 Å². The molecule has 100 valence electrons. The van der Waals surface area contributed by atoms with Gasteiger partial charge in [-0.3, -0.25) is 4.21 Å². The van der Waals surface area contributed by atoms with Crippen molar-refractivity contribution in [1.82, 2.24) is 4.98 Å². The van der Waals surface area contributed by atoms with Crippen LogP contribution in [0, 0.1) is 0 Å². The fourth-order valence-corrected chi connectivity index (χ4v) is 2.37. The van der Waals surface area contributed by atoms with E-state index in [1.165, 1.54) is 12.5 Å². The maximum atomic E-state index is 11.8. The minimum atomic E-state index is -2.34. The minimum Gasteiger partial charge on any atom is -0.438 e. The Morgan fingerprint density at radius 1 is 1.26 bits per heavy atom. The Labute approximate surface area is 122 Å². The first-order valence-corrected chi connectivity index (χ1v) is 8.16. The summed E-state index contributed by atoms with van der Waals surface area (Å²) in [5.41, 5.74) is 0. The Balaban J connectivity index is 2.29. The summed E-state index contributed by atoms with van der Waals surface area (Å²) in [7, 11) is -2.34. The van der Waals surface area contributed by atoms with Gasteiger partial charge in [-0.2, -0.15) is 0 Å². The highest BCUT2D eigenvalue weighted by atomic mass is 35.5. The summed E-state index contributed by atoms with van der Waals surface area (Å²) in [4.78, 5) is 4.54. The normalized spacial score (nSPS) is 13.8. The van der Waals surface area contributed by atoms with Crippen molar-refractivity contribution in [3.05, 3.63) is 46.6 Å². The predicted molar refractivity (Wildman–Crippen MR) is 80.2 cm³/mol. The highest BCUT2D eigenvalue weighted by Gasteiger charge is 2.09. The molecule has 0 N–H and O–H groups in total. The Morgan fingerprint density at radius 3 is 2.42 bits per heavy atom. The Kier molecular flexibility index (Phi) is 4.04. The summed E-state index contributed by atoms with van der Waals surface area (Å²) in [6, 6.07) is 8.37. The highest BCUT2D eigenvalue weighted by Crippen LogP contribution is 2.29. The van der Waals surface area contributed by atoms with Crippen molar-refractivity contribution in [2.24, 2.45) is 0 Å². The maximum absolute atomic E-state index is 11.8. The molecule has 1 atom stereocenters. The lowest BCUT2D eigenvalue weighted by Crippen LogP contribution is -1.98. The molecule has 0 saturated carbocycles. The number of nitrogens with zero attached hydrogens (tertiary/aromatic N) is 1. The fraction of sp³-hybridized carbons (Fsp3) is 0.0769. The molecule has 6 heteroatoms. The summed E-state index contributed by atoms with van der Waals surface area (Å²) in [6.07, 6.45) is 2.98. The van der Waals surface area contributed by atoms with Crippen molar-refractivity contribution < 1.29 is 8.95 Å². The van der Waals surface area contributed by atoms with E-state index >= 15 is 0 Å². The third-order valence-electron chi connectivity index (χ3n) is 2.31. The molecule has 1 unspecified atom stereocenters. The second kappa shape index (κ2) is 5.41. The summed E-state index contributed by atoms with van der Waals surface area (Å²) >= 11 is 11.8. The highest BCUT2D eigenvalue weighted by molar-refractivity contribution is 7.99. The van der Waals surface area contributed by atoms with Crippen molar-refractivity contribution in [2.45, 2.75) is 4.90 Å². The van der Waals surface area contributed by atoms with E-state index in [0.717, 1.165) is 0 Å². The van der Waals surface area contributed by atoms with Crippen LogP contribution >= 0.6 is 23.2 Å². The molecular formula is C13H11Cl2NO2S. The molecular weight excluding hydrogens is 305 g/mol. The van der Waals surface area contributed by atoms with E-state index in [2.05, 4.69) is 10.9 Å². The van der Waals surface area contributed by atoms with Gasteiger partial charge in [-0.05, 0) is 45.7 Å². The topological polar surface area (TPSA) is 39.2 Å². The lowest BCUT2D eigenvalue weighted by molar-refractivity contribution is 0.462. The second-order valence-electron chi connectivity index (χ2n) is 4.02. The van der Waals surface area contributed by atoms with Crippen LogP contribution in [0.25, 0.3) is 0 Å². The van der Waals surface area contributed by atoms with E-state index < -0.39 is 9.52 Å². The van der Waals surface area contributed by atoms with E-state index in [1.807, 2.05) is 0 Å². The molecule has 0 spiro atoms. The Bertz CT molecular complexity index is 697. The van der Waals surface area contributed by atoms with Crippen LogP contribution in [0.4, 0.5) is 0 Å². The third kappa shape index (κ3) is 3.62. The van der Waals surface area contributed by atoms with Crippen LogP contribution < -0.4 is 4.74 Å². The molecule has 1 aromatic heterocycles. The summed E-state index contributed by atoms with van der Waals surface area (Å²) in [5, 5.41) is 0.898. The molecule has 0 radical (unpaired) electrons. The number of halogens is 2. The van der Waals surface area contributed by atoms with Crippen LogP contribution in [0.2, 0.25) is 10.0 Å². The molecule has 19 heavy (non-hydrogen) atoms. The van der Waals surface area contributed by atoms with E-state index in [0.29, 0.717) is 15.7 Å². The summed E-state index contributed by atoms with van der Waals surface area (Å²) < 4.78 is 17.3. The van der Waals surface area contributed by atoms with Crippen LogP contribution in [-0.4, -0.2) is 21.3 Å². The predicted octanol–water partition coefficient (Wildman–Crippen LogP) is 3.89. The zero-order valence-corrected chi connectivity index (χ0v) is 12.4. The van der Waals surface area contributed by atoms with Crippen molar-refractivity contribution >= 4 is 38.6 Å². The van der Waals surface area contributed by atoms with E-state index in [1.54, 1.807) is 30.3 Å². The average molecular weight is 316 g/mol. The molecule has 1 aromatic carbocycles. The number of ether oxygens (including phenoxy) is 1. The van der Waals surface area contributed by atoms with Gasteiger partial charge in [0.05, 0.1) is 4.90 Å². The zero-order valence-electron chi connectivity index (χ0n) is 10.1. The first-order valence-electron chi connectivity index (χ1n) is 5.27. The van der Waals surface area contributed by atoms with Gasteiger partial charge in [-0.15, -0.1) is 0 Å². The molecule has 1 heterocycles. The van der Waals surface area contributed by atoms with Crippen molar-refractivity contribution in [3.63, 3.8) is 0 Å². The first-order chi connectivity index (χ1) is 8.86. The van der Waals surface area contributed by atoms with Crippen LogP contribution in [0.5, 0.6) is 11.6 Å². The molecule has 0 saturated heterocycles. The van der Waals surface area contributed by atoms with Gasteiger partial charge < -0.3 is 4.74 Å². The number of aromatic nitrogens is 1. The minimum absolute atomic E-state index is 0.247. The van der Waals surface area contributed by atoms with Crippen molar-refractivity contribution in [3.8, 4) is 11.6 Å². The molecule has 2 aromatic rings. The maximum Gasteiger partial charge on any atom is 0.238 e. The van der Waals surface area contributed by atoms with Gasteiger partial charge >= 0.3 is 0 Å². The molecule has 0 aliphatic rings. The average Bonchev–Trinajstić information content (AvgIpc) is 2.33. The quantitative estimate of drug-likeness (QED) is 0.807. The van der Waals surface area contributed by atoms with Gasteiger partial charge in [-0.1, -0.05) is 23.2 Å². The first kappa shape index (κ1) is 14.2. The zero-order chi connectivity index (χ0) is 14.0. The lowest BCUT2D eigenvalue weighted by atomic mass is 10.3. The molecule has 0 bridgehead atoms. The Hall–Kier alpha value is -1.23. The van der Waals surface area contributed by atoms with Gasteiger partial charge in [-0.25, -0.2) is 4.98 Å². The lowest BCUT2D eigenvalue weighted by Gasteiger charge is -2.08. The van der Waals surface area contributed by atoms with Gasteiger partial charge in [0.1, 0.15) is 10.8 Å². The van der Waals surface area contributed by atoms with Crippen molar-refractivity contribution in [2.75, 3.05) is 6.26 Å². The molecule has 0 amide bonds. The van der Waals surface area contributed by atoms with Crippen LogP contribution in [0.1, 0.15) is 0 Å². The number of hydrogen-bond donors (Lipinski definition) is 0. The number of rotatable bonds is 3. The number of benzene rings is 1.